The highest BCUT2D eigenvalue weighted by Gasteiger charge is 2.20. The molecule has 2 atom stereocenters. The second-order valence-electron chi connectivity index (χ2n) is 5.23. The summed E-state index contributed by atoms with van der Waals surface area (Å²) in [6.07, 6.45) is 0.866. The molecule has 1 amide bonds. The number of fused-ring (bicyclic) bond motifs is 1. The molecule has 0 aromatic heterocycles. The lowest BCUT2D eigenvalue weighted by atomic mass is 9.99. The molecular weight excluding hydrogens is 327 g/mol. The monoisotopic (exact) mass is 348 g/mol. The average molecular weight is 349 g/mol. The number of hydrogen-bond donors (Lipinski definition) is 2. The Bertz CT molecular complexity index is 526. The van der Waals surface area contributed by atoms with E-state index in [0.29, 0.717) is 36.3 Å². The topological polar surface area (TPSA) is 73.6 Å². The van der Waals surface area contributed by atoms with Crippen LogP contribution >= 0.6 is 24.0 Å². The highest BCUT2D eigenvalue weighted by molar-refractivity contribution is 6.32. The minimum atomic E-state index is -0.498. The number of nitrogens with two attached hydrogens (primary N) is 1. The third-order valence-electron chi connectivity index (χ3n) is 3.68. The van der Waals surface area contributed by atoms with E-state index in [9.17, 15) is 4.79 Å². The van der Waals surface area contributed by atoms with Gasteiger partial charge in [-0.05, 0) is 23.6 Å². The Morgan fingerprint density at radius 3 is 2.77 bits per heavy atom. The zero-order chi connectivity index (χ0) is 15.4. The van der Waals surface area contributed by atoms with Crippen LogP contribution in [-0.2, 0) is 11.3 Å². The molecule has 1 aromatic rings. The average Bonchev–Trinajstić information content (AvgIpc) is 2.51. The Labute approximate surface area is 141 Å². The van der Waals surface area contributed by atoms with Crippen LogP contribution in [0.2, 0.25) is 5.02 Å². The second kappa shape index (κ2) is 8.46. The van der Waals surface area contributed by atoms with Gasteiger partial charge in [0.15, 0.2) is 11.5 Å². The van der Waals surface area contributed by atoms with Gasteiger partial charge >= 0.3 is 0 Å². The van der Waals surface area contributed by atoms with Crippen LogP contribution in [-0.4, -0.2) is 25.2 Å². The van der Waals surface area contributed by atoms with E-state index in [1.54, 1.807) is 6.07 Å². The summed E-state index contributed by atoms with van der Waals surface area (Å²) in [6, 6.07) is 3.10. The van der Waals surface area contributed by atoms with Crippen LogP contribution in [0.4, 0.5) is 0 Å². The Kier molecular flexibility index (Phi) is 7.26. The minimum absolute atomic E-state index is 0. The van der Waals surface area contributed by atoms with Crippen molar-refractivity contribution in [2.75, 3.05) is 13.2 Å². The van der Waals surface area contributed by atoms with Crippen molar-refractivity contribution in [3.05, 3.63) is 22.7 Å². The fraction of sp³-hybridized carbons (Fsp3) is 0.533. The van der Waals surface area contributed by atoms with Crippen LogP contribution < -0.4 is 20.5 Å². The van der Waals surface area contributed by atoms with Gasteiger partial charge in [0.1, 0.15) is 13.2 Å². The van der Waals surface area contributed by atoms with Gasteiger partial charge in [-0.1, -0.05) is 31.9 Å². The summed E-state index contributed by atoms with van der Waals surface area (Å²) >= 11 is 6.16. The predicted molar refractivity (Wildman–Crippen MR) is 89.0 cm³/mol. The smallest absolute Gasteiger partial charge is 0.237 e. The Morgan fingerprint density at radius 2 is 2.09 bits per heavy atom. The van der Waals surface area contributed by atoms with Crippen molar-refractivity contribution in [3.63, 3.8) is 0 Å². The number of ether oxygens (including phenoxy) is 2. The van der Waals surface area contributed by atoms with Crippen molar-refractivity contribution in [2.45, 2.75) is 32.9 Å². The minimum Gasteiger partial charge on any atom is -0.486 e. The van der Waals surface area contributed by atoms with Crippen LogP contribution in [0.3, 0.4) is 0 Å². The number of amides is 1. The zero-order valence-electron chi connectivity index (χ0n) is 12.7. The molecular formula is C15H22Cl2N2O3. The van der Waals surface area contributed by atoms with Gasteiger partial charge in [0.05, 0.1) is 11.1 Å². The van der Waals surface area contributed by atoms with E-state index in [1.165, 1.54) is 0 Å². The van der Waals surface area contributed by atoms with Crippen LogP contribution in [0.5, 0.6) is 11.5 Å². The number of halogens is 2. The summed E-state index contributed by atoms with van der Waals surface area (Å²) in [7, 11) is 0. The first-order valence-electron chi connectivity index (χ1n) is 7.14. The quantitative estimate of drug-likeness (QED) is 0.857. The van der Waals surface area contributed by atoms with E-state index < -0.39 is 6.04 Å². The maximum atomic E-state index is 12.0. The highest BCUT2D eigenvalue weighted by atomic mass is 35.5. The Morgan fingerprint density at radius 1 is 1.41 bits per heavy atom. The van der Waals surface area contributed by atoms with Gasteiger partial charge in [0.25, 0.3) is 0 Å². The van der Waals surface area contributed by atoms with E-state index in [-0.39, 0.29) is 24.2 Å². The van der Waals surface area contributed by atoms with E-state index in [2.05, 4.69) is 5.32 Å². The van der Waals surface area contributed by atoms with E-state index >= 15 is 0 Å². The predicted octanol–water partition coefficient (Wildman–Crippen LogP) is 2.52. The summed E-state index contributed by atoms with van der Waals surface area (Å²) in [4.78, 5) is 12.0. The van der Waals surface area contributed by atoms with Gasteiger partial charge in [-0.3, -0.25) is 4.79 Å². The number of hydrogen-bond acceptors (Lipinski definition) is 4. The largest absolute Gasteiger partial charge is 0.486 e. The maximum absolute atomic E-state index is 12.0. The third-order valence-corrected chi connectivity index (χ3v) is 3.96. The first kappa shape index (κ1) is 18.9. The number of carbonyl (C=O) groups excluding carboxylic acids is 1. The van der Waals surface area contributed by atoms with Gasteiger partial charge in [0.2, 0.25) is 5.91 Å². The van der Waals surface area contributed by atoms with E-state index in [0.717, 1.165) is 12.0 Å². The van der Waals surface area contributed by atoms with Gasteiger partial charge in [-0.25, -0.2) is 0 Å². The summed E-state index contributed by atoms with van der Waals surface area (Å²) in [5.41, 5.74) is 6.75. The summed E-state index contributed by atoms with van der Waals surface area (Å²) in [5.74, 6) is 1.17. The van der Waals surface area contributed by atoms with Crippen LogP contribution in [0.15, 0.2) is 12.1 Å². The number of rotatable bonds is 5. The lowest BCUT2D eigenvalue weighted by Crippen LogP contribution is -2.44. The van der Waals surface area contributed by atoms with Crippen molar-refractivity contribution >= 4 is 29.9 Å². The van der Waals surface area contributed by atoms with Crippen molar-refractivity contribution in [2.24, 2.45) is 11.7 Å². The number of nitrogens with one attached hydrogen (secondary N) is 1. The Balaban J connectivity index is 0.00000242. The second-order valence-corrected chi connectivity index (χ2v) is 5.64. The normalized spacial score (nSPS) is 15.5. The first-order valence-corrected chi connectivity index (χ1v) is 7.52. The van der Waals surface area contributed by atoms with Crippen LogP contribution in [0.25, 0.3) is 0 Å². The molecule has 2 unspecified atom stereocenters. The van der Waals surface area contributed by atoms with Crippen LogP contribution in [0.1, 0.15) is 25.8 Å². The molecule has 0 aliphatic carbocycles. The molecule has 0 spiro atoms. The molecule has 0 saturated heterocycles. The molecule has 124 valence electrons. The van der Waals surface area contributed by atoms with Crippen LogP contribution in [0, 0.1) is 5.92 Å². The summed E-state index contributed by atoms with van der Waals surface area (Å²) < 4.78 is 11.0. The lowest BCUT2D eigenvalue weighted by Gasteiger charge is -2.21. The molecule has 0 radical (unpaired) electrons. The molecule has 5 nitrogen and oxygen atoms in total. The van der Waals surface area contributed by atoms with Crippen molar-refractivity contribution in [1.82, 2.24) is 5.32 Å². The van der Waals surface area contributed by atoms with Gasteiger partial charge in [0, 0.05) is 6.54 Å². The van der Waals surface area contributed by atoms with Gasteiger partial charge in [-0.2, -0.15) is 0 Å². The third kappa shape index (κ3) is 4.41. The zero-order valence-corrected chi connectivity index (χ0v) is 14.3. The lowest BCUT2D eigenvalue weighted by molar-refractivity contribution is -0.123. The standard InChI is InChI=1S/C15H21ClN2O3.ClH/c1-3-9(2)13(17)15(19)18-8-10-6-11(16)14-12(7-10)20-4-5-21-14;/h6-7,9,13H,3-5,8,17H2,1-2H3,(H,18,19);1H. The highest BCUT2D eigenvalue weighted by Crippen LogP contribution is 2.38. The number of carbonyl (C=O) groups is 1. The Hall–Kier alpha value is -1.17. The van der Waals surface area contributed by atoms with Gasteiger partial charge in [-0.15, -0.1) is 12.4 Å². The molecule has 2 rings (SSSR count). The molecule has 0 bridgehead atoms. The summed E-state index contributed by atoms with van der Waals surface area (Å²) in [6.45, 7) is 5.33. The molecule has 0 saturated carbocycles. The molecule has 7 heteroatoms. The summed E-state index contributed by atoms with van der Waals surface area (Å²) in [5, 5.41) is 3.32. The fourth-order valence-electron chi connectivity index (χ4n) is 2.09. The van der Waals surface area contributed by atoms with E-state index in [1.807, 2.05) is 19.9 Å². The maximum Gasteiger partial charge on any atom is 0.237 e. The van der Waals surface area contributed by atoms with E-state index in [4.69, 9.17) is 26.8 Å². The molecule has 1 aliphatic heterocycles. The first-order chi connectivity index (χ1) is 10.0. The van der Waals surface area contributed by atoms with Gasteiger partial charge < -0.3 is 20.5 Å². The fourth-order valence-corrected chi connectivity index (χ4v) is 2.37. The molecule has 3 N–H and O–H groups in total. The van der Waals surface area contributed by atoms with Crippen molar-refractivity contribution in [1.29, 1.82) is 0 Å². The van der Waals surface area contributed by atoms with Crippen molar-refractivity contribution < 1.29 is 14.3 Å². The number of benzene rings is 1. The SMILES string of the molecule is CCC(C)C(N)C(=O)NCc1cc(Cl)c2c(c1)OCCO2.Cl. The molecule has 0 fully saturated rings. The molecule has 1 aromatic carbocycles. The molecule has 1 aliphatic rings. The van der Waals surface area contributed by atoms with Crippen molar-refractivity contribution in [3.8, 4) is 11.5 Å². The molecule has 1 heterocycles. The molecule has 22 heavy (non-hydrogen) atoms.